The van der Waals surface area contributed by atoms with Gasteiger partial charge in [-0.3, -0.25) is 4.79 Å². The summed E-state index contributed by atoms with van der Waals surface area (Å²) in [5, 5.41) is 2.85. The first-order valence-electron chi connectivity index (χ1n) is 7.73. The van der Waals surface area contributed by atoms with Crippen molar-refractivity contribution in [3.8, 4) is 0 Å². The number of carbonyl (C=O) groups excluding carboxylic acids is 1. The normalized spacial score (nSPS) is 42.0. The minimum absolute atomic E-state index is 0.0339. The van der Waals surface area contributed by atoms with E-state index in [1.807, 2.05) is 27.7 Å². The van der Waals surface area contributed by atoms with E-state index >= 15 is 0 Å². The van der Waals surface area contributed by atoms with Crippen molar-refractivity contribution >= 4 is 5.91 Å². The highest BCUT2D eigenvalue weighted by Gasteiger charge is 2.68. The van der Waals surface area contributed by atoms with E-state index in [0.29, 0.717) is 0 Å². The third-order valence-corrected chi connectivity index (χ3v) is 3.90. The SMILES string of the molecule is CC(C)NC(=O)[C@@]12OC[C@H]3OC(C)(C)O[C@H]3[C@@H]1OC(C)(C)O2. The Kier molecular flexibility index (Phi) is 3.58. The number of rotatable bonds is 2. The molecule has 0 radical (unpaired) electrons. The van der Waals surface area contributed by atoms with E-state index < -0.39 is 29.6 Å². The fraction of sp³-hybridized carbons (Fsp3) is 0.933. The van der Waals surface area contributed by atoms with Crippen LogP contribution in [0.5, 0.6) is 0 Å². The Morgan fingerprint density at radius 2 is 1.77 bits per heavy atom. The van der Waals surface area contributed by atoms with E-state index in [4.69, 9.17) is 23.7 Å². The van der Waals surface area contributed by atoms with Crippen LogP contribution in [-0.4, -0.2) is 54.2 Å². The lowest BCUT2D eigenvalue weighted by Crippen LogP contribution is -2.65. The van der Waals surface area contributed by atoms with Crippen molar-refractivity contribution in [3.63, 3.8) is 0 Å². The van der Waals surface area contributed by atoms with Gasteiger partial charge in [-0.15, -0.1) is 0 Å². The maximum atomic E-state index is 12.7. The van der Waals surface area contributed by atoms with Crippen molar-refractivity contribution in [1.29, 1.82) is 0 Å². The Balaban J connectivity index is 1.92. The highest BCUT2D eigenvalue weighted by atomic mass is 16.9. The second-order valence-corrected chi connectivity index (χ2v) is 7.29. The summed E-state index contributed by atoms with van der Waals surface area (Å²) in [4.78, 5) is 12.7. The molecular weight excluding hydrogens is 290 g/mol. The van der Waals surface area contributed by atoms with Gasteiger partial charge in [0.1, 0.15) is 12.2 Å². The lowest BCUT2D eigenvalue weighted by atomic mass is 9.96. The van der Waals surface area contributed by atoms with E-state index in [9.17, 15) is 4.79 Å². The van der Waals surface area contributed by atoms with Gasteiger partial charge < -0.3 is 29.0 Å². The lowest BCUT2D eigenvalue weighted by molar-refractivity contribution is -0.267. The number of hydrogen-bond donors (Lipinski definition) is 1. The average molecular weight is 315 g/mol. The summed E-state index contributed by atoms with van der Waals surface area (Å²) in [6.45, 7) is 11.2. The molecular formula is C15H25NO6. The zero-order valence-corrected chi connectivity index (χ0v) is 14.0. The molecule has 0 aromatic heterocycles. The predicted molar refractivity (Wildman–Crippen MR) is 75.8 cm³/mol. The molecule has 126 valence electrons. The predicted octanol–water partition coefficient (Wildman–Crippen LogP) is 0.909. The molecule has 0 unspecified atom stereocenters. The highest BCUT2D eigenvalue weighted by Crippen LogP contribution is 2.47. The van der Waals surface area contributed by atoms with Crippen LogP contribution in [0.3, 0.4) is 0 Å². The summed E-state index contributed by atoms with van der Waals surface area (Å²) < 4.78 is 29.4. The van der Waals surface area contributed by atoms with Crippen LogP contribution in [0.15, 0.2) is 0 Å². The van der Waals surface area contributed by atoms with Crippen molar-refractivity contribution in [2.24, 2.45) is 0 Å². The molecule has 3 rings (SSSR count). The maximum absolute atomic E-state index is 12.7. The molecule has 0 bridgehead atoms. The van der Waals surface area contributed by atoms with Gasteiger partial charge in [0.05, 0.1) is 6.61 Å². The largest absolute Gasteiger partial charge is 0.349 e. The monoisotopic (exact) mass is 315 g/mol. The molecule has 0 aromatic rings. The van der Waals surface area contributed by atoms with Crippen LogP contribution >= 0.6 is 0 Å². The van der Waals surface area contributed by atoms with Crippen LogP contribution in [0.2, 0.25) is 0 Å². The minimum atomic E-state index is -1.50. The maximum Gasteiger partial charge on any atom is 0.283 e. The van der Waals surface area contributed by atoms with Crippen LogP contribution < -0.4 is 5.32 Å². The molecule has 1 amide bonds. The quantitative estimate of drug-likeness (QED) is 0.816. The molecule has 22 heavy (non-hydrogen) atoms. The average Bonchev–Trinajstić information content (AvgIpc) is 2.80. The van der Waals surface area contributed by atoms with Crippen molar-refractivity contribution in [2.45, 2.75) is 83.3 Å². The Hall–Kier alpha value is -0.730. The second kappa shape index (κ2) is 4.88. The fourth-order valence-electron chi connectivity index (χ4n) is 3.28. The van der Waals surface area contributed by atoms with Gasteiger partial charge in [0.15, 0.2) is 17.7 Å². The smallest absolute Gasteiger partial charge is 0.283 e. The molecule has 0 aliphatic carbocycles. The van der Waals surface area contributed by atoms with Gasteiger partial charge >= 0.3 is 0 Å². The van der Waals surface area contributed by atoms with Crippen molar-refractivity contribution in [1.82, 2.24) is 5.32 Å². The molecule has 3 fully saturated rings. The van der Waals surface area contributed by atoms with Crippen LogP contribution in [-0.2, 0) is 28.5 Å². The molecule has 3 heterocycles. The third-order valence-electron chi connectivity index (χ3n) is 3.90. The first kappa shape index (κ1) is 16.1. The summed E-state index contributed by atoms with van der Waals surface area (Å²) in [5.74, 6) is -3.52. The number of amides is 1. The van der Waals surface area contributed by atoms with E-state index in [1.165, 1.54) is 0 Å². The standard InChI is InChI=1S/C15H25NO6/c1-8(2)16-12(17)15-11(21-14(5,6)22-15)10-9(7-18-15)19-13(3,4)20-10/h8-11H,7H2,1-6H3,(H,16,17)/t9-,10-,11+,15-/m1/s1. The summed E-state index contributed by atoms with van der Waals surface area (Å²) in [7, 11) is 0. The number of hydrogen-bond acceptors (Lipinski definition) is 6. The summed E-state index contributed by atoms with van der Waals surface area (Å²) in [6.07, 6.45) is -1.37. The van der Waals surface area contributed by atoms with E-state index in [0.717, 1.165) is 0 Å². The zero-order chi connectivity index (χ0) is 16.3. The molecule has 3 aliphatic rings. The van der Waals surface area contributed by atoms with Gasteiger partial charge in [-0.25, -0.2) is 0 Å². The van der Waals surface area contributed by atoms with Crippen LogP contribution in [0.1, 0.15) is 41.5 Å². The number of fused-ring (bicyclic) bond motifs is 3. The van der Waals surface area contributed by atoms with E-state index in [-0.39, 0.29) is 24.7 Å². The first-order chi connectivity index (χ1) is 10.0. The van der Waals surface area contributed by atoms with Gasteiger partial charge in [0, 0.05) is 6.04 Å². The molecule has 0 saturated carbocycles. The van der Waals surface area contributed by atoms with E-state index in [2.05, 4.69) is 5.32 Å². The van der Waals surface area contributed by atoms with Gasteiger partial charge in [-0.2, -0.15) is 0 Å². The Morgan fingerprint density at radius 3 is 2.41 bits per heavy atom. The van der Waals surface area contributed by atoms with E-state index in [1.54, 1.807) is 13.8 Å². The molecule has 7 heteroatoms. The summed E-state index contributed by atoms with van der Waals surface area (Å²) >= 11 is 0. The number of nitrogens with one attached hydrogen (secondary N) is 1. The number of carbonyl (C=O) groups is 1. The Bertz CT molecular complexity index is 477. The van der Waals surface area contributed by atoms with Gasteiger partial charge in [0.2, 0.25) is 0 Å². The lowest BCUT2D eigenvalue weighted by Gasteiger charge is -2.39. The number of ether oxygens (including phenoxy) is 5. The molecule has 1 N–H and O–H groups in total. The van der Waals surface area contributed by atoms with Gasteiger partial charge in [-0.1, -0.05) is 0 Å². The van der Waals surface area contributed by atoms with Crippen molar-refractivity contribution in [3.05, 3.63) is 0 Å². The Morgan fingerprint density at radius 1 is 1.09 bits per heavy atom. The second-order valence-electron chi connectivity index (χ2n) is 7.29. The molecule has 3 aliphatic heterocycles. The van der Waals surface area contributed by atoms with Crippen molar-refractivity contribution in [2.75, 3.05) is 6.61 Å². The van der Waals surface area contributed by atoms with Crippen LogP contribution in [0.4, 0.5) is 0 Å². The van der Waals surface area contributed by atoms with Crippen LogP contribution in [0.25, 0.3) is 0 Å². The van der Waals surface area contributed by atoms with Gasteiger partial charge in [-0.05, 0) is 41.5 Å². The molecule has 3 saturated heterocycles. The third kappa shape index (κ3) is 2.55. The minimum Gasteiger partial charge on any atom is -0.349 e. The molecule has 7 nitrogen and oxygen atoms in total. The van der Waals surface area contributed by atoms with Crippen LogP contribution in [0, 0.1) is 0 Å². The molecule has 4 atom stereocenters. The Labute approximate surface area is 130 Å². The van der Waals surface area contributed by atoms with Gasteiger partial charge in [0.25, 0.3) is 11.7 Å². The topological polar surface area (TPSA) is 75.3 Å². The summed E-state index contributed by atoms with van der Waals surface area (Å²) in [5.41, 5.74) is 0. The fourth-order valence-corrected chi connectivity index (χ4v) is 3.28. The molecule has 0 aromatic carbocycles. The summed E-state index contributed by atoms with van der Waals surface area (Å²) in [6, 6.07) is -0.0339. The first-order valence-corrected chi connectivity index (χ1v) is 7.73. The van der Waals surface area contributed by atoms with Crippen molar-refractivity contribution < 1.29 is 28.5 Å². The zero-order valence-electron chi connectivity index (χ0n) is 14.0. The highest BCUT2D eigenvalue weighted by molar-refractivity contribution is 5.85. The molecule has 0 spiro atoms.